The van der Waals surface area contributed by atoms with Gasteiger partial charge in [-0.15, -0.1) is 0 Å². The molecule has 30 heavy (non-hydrogen) atoms. The zero-order chi connectivity index (χ0) is 24.1. The molecular formula is C22H57N3O5. The molecule has 0 aromatic carbocycles. The number of likely N-dealkylation sites (N-methyl/N-ethyl adjacent to an activating group) is 1. The lowest BCUT2D eigenvalue weighted by Crippen LogP contribution is -2.26. The van der Waals surface area contributed by atoms with Crippen molar-refractivity contribution in [3.05, 3.63) is 0 Å². The SMILES string of the molecule is CC.CC.CC.CC.CNCCOCCOCCOCCOCCOCCNCN. The minimum atomic E-state index is 0.476. The first-order chi connectivity index (χ1) is 14.9. The van der Waals surface area contributed by atoms with Crippen molar-refractivity contribution >= 4 is 0 Å². The minimum Gasteiger partial charge on any atom is -0.378 e. The van der Waals surface area contributed by atoms with Crippen LogP contribution in [0.1, 0.15) is 55.4 Å². The molecule has 190 valence electrons. The smallest absolute Gasteiger partial charge is 0.0701 e. The van der Waals surface area contributed by atoms with Crippen molar-refractivity contribution in [2.45, 2.75) is 55.4 Å². The highest BCUT2D eigenvalue weighted by Crippen LogP contribution is 1.83. The van der Waals surface area contributed by atoms with E-state index in [1.165, 1.54) is 0 Å². The molecule has 8 heteroatoms. The van der Waals surface area contributed by atoms with Gasteiger partial charge in [0.2, 0.25) is 0 Å². The summed E-state index contributed by atoms with van der Waals surface area (Å²) in [6, 6.07) is 0. The molecule has 0 rings (SSSR count). The molecule has 0 saturated carbocycles. The molecule has 4 N–H and O–H groups in total. The topological polar surface area (TPSA) is 96.2 Å². The molecule has 0 radical (unpaired) electrons. The van der Waals surface area contributed by atoms with Crippen molar-refractivity contribution in [1.29, 1.82) is 0 Å². The van der Waals surface area contributed by atoms with Crippen LogP contribution in [-0.4, -0.2) is 92.9 Å². The fourth-order valence-electron chi connectivity index (χ4n) is 1.40. The summed E-state index contributed by atoms with van der Waals surface area (Å²) in [6.07, 6.45) is 0. The Balaban J connectivity index is -0.000000231. The van der Waals surface area contributed by atoms with Crippen LogP contribution in [0.4, 0.5) is 0 Å². The second kappa shape index (κ2) is 56.7. The number of rotatable bonds is 19. The van der Waals surface area contributed by atoms with Crippen LogP contribution in [0, 0.1) is 0 Å². The molecular weight excluding hydrogens is 386 g/mol. The molecule has 0 unspecified atom stereocenters. The number of nitrogens with two attached hydrogens (primary N) is 1. The maximum atomic E-state index is 5.37. The lowest BCUT2D eigenvalue weighted by molar-refractivity contribution is -0.0105. The van der Waals surface area contributed by atoms with Gasteiger partial charge >= 0.3 is 0 Å². The van der Waals surface area contributed by atoms with Gasteiger partial charge in [0.15, 0.2) is 0 Å². The molecule has 0 amide bonds. The van der Waals surface area contributed by atoms with E-state index in [0.29, 0.717) is 72.7 Å². The summed E-state index contributed by atoms with van der Waals surface area (Å²) in [4.78, 5) is 0. The lowest BCUT2D eigenvalue weighted by Gasteiger charge is -2.08. The summed E-state index contributed by atoms with van der Waals surface area (Å²) in [5.41, 5.74) is 5.28. The van der Waals surface area contributed by atoms with Crippen molar-refractivity contribution < 1.29 is 23.7 Å². The van der Waals surface area contributed by atoms with E-state index >= 15 is 0 Å². The van der Waals surface area contributed by atoms with Gasteiger partial charge in [0.25, 0.3) is 0 Å². The Morgan fingerprint density at radius 3 is 1.00 bits per heavy atom. The zero-order valence-corrected chi connectivity index (χ0v) is 21.8. The van der Waals surface area contributed by atoms with Crippen molar-refractivity contribution in [3.8, 4) is 0 Å². The molecule has 0 aliphatic rings. The van der Waals surface area contributed by atoms with Crippen molar-refractivity contribution in [2.24, 2.45) is 5.73 Å². The van der Waals surface area contributed by atoms with Crippen LogP contribution in [0.3, 0.4) is 0 Å². The molecule has 0 saturated heterocycles. The van der Waals surface area contributed by atoms with Gasteiger partial charge in [0.1, 0.15) is 0 Å². The highest BCUT2D eigenvalue weighted by Gasteiger charge is 1.93. The molecule has 0 aliphatic heterocycles. The highest BCUT2D eigenvalue weighted by molar-refractivity contribution is 4.40. The average Bonchev–Trinajstić information content (AvgIpc) is 2.83. The molecule has 8 nitrogen and oxygen atoms in total. The van der Waals surface area contributed by atoms with Crippen molar-refractivity contribution in [1.82, 2.24) is 10.6 Å². The summed E-state index contributed by atoms with van der Waals surface area (Å²) in [6.45, 7) is 24.1. The van der Waals surface area contributed by atoms with Gasteiger partial charge in [-0.3, -0.25) is 0 Å². The van der Waals surface area contributed by atoms with E-state index in [-0.39, 0.29) is 0 Å². The molecule has 0 atom stereocenters. The van der Waals surface area contributed by atoms with E-state index in [0.717, 1.165) is 13.1 Å². The number of hydrogen-bond donors (Lipinski definition) is 3. The molecule has 0 heterocycles. The quantitative estimate of drug-likeness (QED) is 0.207. The molecule has 0 fully saturated rings. The Kier molecular flexibility index (Phi) is 75.8. The van der Waals surface area contributed by atoms with Crippen LogP contribution >= 0.6 is 0 Å². The number of hydrogen-bond acceptors (Lipinski definition) is 8. The van der Waals surface area contributed by atoms with E-state index in [1.807, 2.05) is 62.4 Å². The average molecular weight is 444 g/mol. The monoisotopic (exact) mass is 443 g/mol. The van der Waals surface area contributed by atoms with E-state index in [4.69, 9.17) is 29.4 Å². The standard InChI is InChI=1S/C14H33N3O5.4C2H6/c1-16-2-4-18-6-8-20-10-12-22-13-11-21-9-7-19-5-3-17-14-15;4*1-2/h16-17H,2-15H2,1H3;4*1-2H3. The van der Waals surface area contributed by atoms with Gasteiger partial charge in [-0.25, -0.2) is 0 Å². The van der Waals surface area contributed by atoms with E-state index in [1.54, 1.807) is 0 Å². The molecule has 0 aromatic rings. The Labute approximate surface area is 188 Å². The summed E-state index contributed by atoms with van der Waals surface area (Å²) in [5.74, 6) is 0. The largest absolute Gasteiger partial charge is 0.378 e. The second-order valence-corrected chi connectivity index (χ2v) is 4.37. The molecule has 0 aliphatic carbocycles. The summed E-state index contributed by atoms with van der Waals surface area (Å²) in [7, 11) is 1.90. The first kappa shape index (κ1) is 40.1. The van der Waals surface area contributed by atoms with Gasteiger partial charge in [0, 0.05) is 19.8 Å². The van der Waals surface area contributed by atoms with E-state index in [9.17, 15) is 0 Å². The fraction of sp³-hybridized carbons (Fsp3) is 1.00. The van der Waals surface area contributed by atoms with Crippen LogP contribution in [-0.2, 0) is 23.7 Å². The first-order valence-electron chi connectivity index (χ1n) is 11.9. The minimum absolute atomic E-state index is 0.476. The van der Waals surface area contributed by atoms with Gasteiger partial charge < -0.3 is 40.1 Å². The zero-order valence-electron chi connectivity index (χ0n) is 21.8. The van der Waals surface area contributed by atoms with E-state index < -0.39 is 0 Å². The maximum absolute atomic E-state index is 5.37. The van der Waals surface area contributed by atoms with Gasteiger partial charge in [0.05, 0.1) is 66.1 Å². The van der Waals surface area contributed by atoms with Crippen molar-refractivity contribution in [2.75, 3.05) is 92.9 Å². The normalized spacial score (nSPS) is 9.00. The van der Waals surface area contributed by atoms with Crippen LogP contribution < -0.4 is 16.4 Å². The Morgan fingerprint density at radius 1 is 0.467 bits per heavy atom. The van der Waals surface area contributed by atoms with Gasteiger partial charge in [-0.1, -0.05) is 55.4 Å². The summed E-state index contributed by atoms with van der Waals surface area (Å²) >= 11 is 0. The Hall–Kier alpha value is -0.320. The number of ether oxygens (including phenoxy) is 5. The molecule has 0 bridgehead atoms. The fourth-order valence-corrected chi connectivity index (χ4v) is 1.40. The van der Waals surface area contributed by atoms with Crippen LogP contribution in [0.15, 0.2) is 0 Å². The lowest BCUT2D eigenvalue weighted by atomic mass is 10.6. The Morgan fingerprint density at radius 2 is 0.733 bits per heavy atom. The van der Waals surface area contributed by atoms with Crippen LogP contribution in [0.25, 0.3) is 0 Å². The van der Waals surface area contributed by atoms with E-state index in [2.05, 4.69) is 10.6 Å². The Bertz CT molecular complexity index is 186. The first-order valence-corrected chi connectivity index (χ1v) is 11.9. The third kappa shape index (κ3) is 56.5. The van der Waals surface area contributed by atoms with Crippen LogP contribution in [0.2, 0.25) is 0 Å². The maximum Gasteiger partial charge on any atom is 0.0701 e. The van der Waals surface area contributed by atoms with Crippen LogP contribution in [0.5, 0.6) is 0 Å². The predicted molar refractivity (Wildman–Crippen MR) is 130 cm³/mol. The molecule has 0 aromatic heterocycles. The summed E-state index contributed by atoms with van der Waals surface area (Å²) in [5, 5.41) is 5.98. The predicted octanol–water partition coefficient (Wildman–Crippen LogP) is 2.90. The van der Waals surface area contributed by atoms with Gasteiger partial charge in [-0.05, 0) is 7.05 Å². The second-order valence-electron chi connectivity index (χ2n) is 4.37. The third-order valence-electron chi connectivity index (χ3n) is 2.55. The molecule has 0 spiro atoms. The highest BCUT2D eigenvalue weighted by atomic mass is 16.6. The number of nitrogens with one attached hydrogen (secondary N) is 2. The van der Waals surface area contributed by atoms with Gasteiger partial charge in [-0.2, -0.15) is 0 Å². The summed E-state index contributed by atoms with van der Waals surface area (Å²) < 4.78 is 26.7. The van der Waals surface area contributed by atoms with Crippen molar-refractivity contribution in [3.63, 3.8) is 0 Å². The third-order valence-corrected chi connectivity index (χ3v) is 2.55.